The Morgan fingerprint density at radius 2 is 1.79 bits per heavy atom. The van der Waals surface area contributed by atoms with Gasteiger partial charge in [-0.15, -0.1) is 5.11 Å². The Morgan fingerprint density at radius 3 is 2.67 bits per heavy atom. The van der Waals surface area contributed by atoms with E-state index in [1.165, 1.54) is 0 Å². The van der Waals surface area contributed by atoms with Crippen molar-refractivity contribution in [2.45, 2.75) is 6.54 Å². The highest BCUT2D eigenvalue weighted by atomic mass is 16.5. The summed E-state index contributed by atoms with van der Waals surface area (Å²) >= 11 is 0. The summed E-state index contributed by atoms with van der Waals surface area (Å²) in [7, 11) is 0. The fourth-order valence-corrected chi connectivity index (χ4v) is 4.21. The molecule has 164 valence electrons. The number of hydrogen-bond donors (Lipinski definition) is 1. The van der Waals surface area contributed by atoms with Crippen LogP contribution in [0.15, 0.2) is 83.2 Å². The third kappa shape index (κ3) is 3.85. The zero-order valence-electron chi connectivity index (χ0n) is 18.1. The summed E-state index contributed by atoms with van der Waals surface area (Å²) in [4.78, 5) is 10.3. The van der Waals surface area contributed by atoms with Crippen LogP contribution in [0.25, 0.3) is 27.8 Å². The average Bonchev–Trinajstić information content (AvgIpc) is 3.49. The minimum Gasteiger partial charge on any atom is -0.378 e. The van der Waals surface area contributed by atoms with E-state index in [0.29, 0.717) is 25.6 Å². The molecule has 33 heavy (non-hydrogen) atoms. The van der Waals surface area contributed by atoms with Crippen molar-refractivity contribution in [3.05, 3.63) is 78.5 Å². The van der Waals surface area contributed by atoms with E-state index in [4.69, 9.17) is 14.8 Å². The first-order chi connectivity index (χ1) is 16.3. The quantitative estimate of drug-likeness (QED) is 0.392. The van der Waals surface area contributed by atoms with E-state index >= 15 is 0 Å². The third-order valence-corrected chi connectivity index (χ3v) is 5.89. The first-order valence-electron chi connectivity index (χ1n) is 11.1. The van der Waals surface area contributed by atoms with Gasteiger partial charge in [0.2, 0.25) is 0 Å². The first-order valence-corrected chi connectivity index (χ1v) is 11.1. The molecule has 4 heterocycles. The van der Waals surface area contributed by atoms with E-state index in [9.17, 15) is 0 Å². The number of aromatic amines is 1. The fourth-order valence-electron chi connectivity index (χ4n) is 4.21. The maximum absolute atomic E-state index is 5.55. The van der Waals surface area contributed by atoms with Crippen LogP contribution in [0, 0.1) is 0 Å². The van der Waals surface area contributed by atoms with Crippen LogP contribution in [0.2, 0.25) is 0 Å². The monoisotopic (exact) mass is 437 g/mol. The predicted molar refractivity (Wildman–Crippen MR) is 128 cm³/mol. The molecule has 0 saturated carbocycles. The molecule has 1 saturated heterocycles. The number of rotatable bonds is 5. The normalized spacial score (nSPS) is 14.6. The van der Waals surface area contributed by atoms with E-state index in [1.54, 1.807) is 0 Å². The van der Waals surface area contributed by atoms with Gasteiger partial charge in [0.05, 0.1) is 25.5 Å². The number of azo groups is 1. The number of nitrogens with zero attached hydrogens (tertiary/aromatic N) is 6. The molecule has 0 amide bonds. The summed E-state index contributed by atoms with van der Waals surface area (Å²) in [5.41, 5.74) is 4.90. The maximum atomic E-state index is 5.55. The van der Waals surface area contributed by atoms with E-state index in [0.717, 1.165) is 52.3 Å². The van der Waals surface area contributed by atoms with Crippen LogP contribution >= 0.6 is 0 Å². The number of nitrogens with one attached hydrogen (secondary N) is 1. The van der Waals surface area contributed by atoms with Crippen molar-refractivity contribution in [1.29, 1.82) is 0 Å². The molecule has 0 aliphatic carbocycles. The maximum Gasteiger partial charge on any atom is 0.179 e. The second-order valence-electron chi connectivity index (χ2n) is 8.00. The van der Waals surface area contributed by atoms with Gasteiger partial charge in [-0.05, 0) is 6.07 Å². The molecule has 0 atom stereocenters. The molecule has 0 bridgehead atoms. The molecular weight excluding hydrogens is 414 g/mol. The van der Waals surface area contributed by atoms with Crippen molar-refractivity contribution in [2.75, 3.05) is 31.2 Å². The molecule has 0 radical (unpaired) electrons. The van der Waals surface area contributed by atoms with Gasteiger partial charge in [-0.1, -0.05) is 48.5 Å². The fraction of sp³-hybridized carbons (Fsp3) is 0.200. The van der Waals surface area contributed by atoms with Crippen LogP contribution in [0.1, 0.15) is 5.56 Å². The second kappa shape index (κ2) is 8.48. The third-order valence-electron chi connectivity index (χ3n) is 5.89. The van der Waals surface area contributed by atoms with E-state index in [2.05, 4.69) is 44.4 Å². The number of fused-ring (bicyclic) bond motifs is 2. The summed E-state index contributed by atoms with van der Waals surface area (Å²) in [5.74, 6) is 1.52. The van der Waals surface area contributed by atoms with Crippen molar-refractivity contribution < 1.29 is 4.74 Å². The lowest BCUT2D eigenvalue weighted by Crippen LogP contribution is -2.37. The van der Waals surface area contributed by atoms with Crippen LogP contribution < -0.4 is 4.90 Å². The Morgan fingerprint density at radius 1 is 0.970 bits per heavy atom. The molecule has 1 aliphatic heterocycles. The highest BCUT2D eigenvalue weighted by Gasteiger charge is 2.18. The number of anilines is 1. The van der Waals surface area contributed by atoms with Gasteiger partial charge in [0.15, 0.2) is 11.5 Å². The van der Waals surface area contributed by atoms with Crippen molar-refractivity contribution in [2.24, 2.45) is 10.2 Å². The Labute approximate surface area is 190 Å². The van der Waals surface area contributed by atoms with Gasteiger partial charge in [-0.25, -0.2) is 4.98 Å². The lowest BCUT2D eigenvalue weighted by atomic mass is 10.2. The highest BCUT2D eigenvalue weighted by molar-refractivity contribution is 5.83. The Hall–Kier alpha value is -4.04. The summed E-state index contributed by atoms with van der Waals surface area (Å²) in [6, 6.07) is 22.3. The number of benzene rings is 2. The second-order valence-corrected chi connectivity index (χ2v) is 8.00. The summed E-state index contributed by atoms with van der Waals surface area (Å²) in [6.07, 6.45) is 1.99. The minimum absolute atomic E-state index is 0.484. The van der Waals surface area contributed by atoms with Crippen molar-refractivity contribution >= 4 is 28.2 Å². The number of morpholine rings is 1. The van der Waals surface area contributed by atoms with E-state index < -0.39 is 0 Å². The van der Waals surface area contributed by atoms with Gasteiger partial charge in [-0.3, -0.25) is 0 Å². The van der Waals surface area contributed by atoms with Crippen molar-refractivity contribution in [3.8, 4) is 11.3 Å². The van der Waals surface area contributed by atoms with E-state index in [-0.39, 0.29) is 0 Å². The molecule has 6 rings (SSSR count). The van der Waals surface area contributed by atoms with Gasteiger partial charge >= 0.3 is 0 Å². The van der Waals surface area contributed by atoms with Crippen LogP contribution in [0.3, 0.4) is 0 Å². The van der Waals surface area contributed by atoms with Crippen LogP contribution in [0.5, 0.6) is 0 Å². The zero-order valence-corrected chi connectivity index (χ0v) is 18.1. The molecule has 0 spiro atoms. The molecule has 8 heteroatoms. The van der Waals surface area contributed by atoms with Crippen LogP contribution in [-0.2, 0) is 11.3 Å². The largest absolute Gasteiger partial charge is 0.378 e. The van der Waals surface area contributed by atoms with Crippen LogP contribution in [0.4, 0.5) is 11.6 Å². The molecule has 5 aromatic rings. The summed E-state index contributed by atoms with van der Waals surface area (Å²) in [5, 5.41) is 15.0. The number of aromatic nitrogens is 4. The lowest BCUT2D eigenvalue weighted by Gasteiger charge is -2.28. The molecule has 1 aliphatic rings. The highest BCUT2D eigenvalue weighted by Crippen LogP contribution is 2.27. The van der Waals surface area contributed by atoms with Gasteiger partial charge in [0, 0.05) is 53.4 Å². The number of hydrogen-bond acceptors (Lipinski definition) is 6. The standard InChI is InChI=1S/C25H23N7O/c1-2-6-18(7-3-1)22-14-24-28-23(15-25(32(24)30-22)31-10-12-33-13-11-31)29-27-17-19-16-26-21-9-5-4-8-20(19)21/h1-9,14-16,26H,10-13,17H2. The number of para-hydroxylation sites is 1. The molecule has 2 aromatic carbocycles. The topological polar surface area (TPSA) is 83.2 Å². The summed E-state index contributed by atoms with van der Waals surface area (Å²) < 4.78 is 7.44. The van der Waals surface area contributed by atoms with Gasteiger partial charge in [-0.2, -0.15) is 14.7 Å². The Kier molecular flexibility index (Phi) is 5.04. The molecule has 1 N–H and O–H groups in total. The van der Waals surface area contributed by atoms with Crippen molar-refractivity contribution in [1.82, 2.24) is 19.6 Å². The van der Waals surface area contributed by atoms with Gasteiger partial charge in [0.1, 0.15) is 5.82 Å². The SMILES string of the molecule is c1ccc(-c2cc3nc(N=NCc4c[nH]c5ccccc45)cc(N4CCOCC4)n3n2)cc1. The Bertz CT molecular complexity index is 1430. The average molecular weight is 438 g/mol. The van der Waals surface area contributed by atoms with Crippen LogP contribution in [-0.4, -0.2) is 45.9 Å². The predicted octanol–water partition coefficient (Wildman–Crippen LogP) is 5.00. The van der Waals surface area contributed by atoms with Gasteiger partial charge < -0.3 is 14.6 Å². The molecular formula is C25H23N7O. The van der Waals surface area contributed by atoms with Gasteiger partial charge in [0.25, 0.3) is 0 Å². The zero-order chi connectivity index (χ0) is 22.0. The number of H-pyrrole nitrogens is 1. The van der Waals surface area contributed by atoms with E-state index in [1.807, 2.05) is 53.2 Å². The minimum atomic E-state index is 0.484. The molecule has 3 aromatic heterocycles. The lowest BCUT2D eigenvalue weighted by molar-refractivity contribution is 0.122. The Balaban J connectivity index is 1.36. The van der Waals surface area contributed by atoms with Crippen molar-refractivity contribution in [3.63, 3.8) is 0 Å². The number of ether oxygens (including phenoxy) is 1. The molecule has 1 fully saturated rings. The summed E-state index contributed by atoms with van der Waals surface area (Å²) in [6.45, 7) is 3.46. The first kappa shape index (κ1) is 19.6. The molecule has 0 unspecified atom stereocenters. The molecule has 8 nitrogen and oxygen atoms in total. The smallest absolute Gasteiger partial charge is 0.179 e.